The van der Waals surface area contributed by atoms with Gasteiger partial charge < -0.3 is 15.5 Å². The van der Waals surface area contributed by atoms with Crippen molar-refractivity contribution in [1.82, 2.24) is 15.5 Å². The lowest BCUT2D eigenvalue weighted by Gasteiger charge is -2.17. The van der Waals surface area contributed by atoms with Gasteiger partial charge in [0, 0.05) is 32.7 Å². The molecule has 2 heterocycles. The van der Waals surface area contributed by atoms with E-state index in [0.29, 0.717) is 11.8 Å². The van der Waals surface area contributed by atoms with Crippen LogP contribution in [0.2, 0.25) is 0 Å². The lowest BCUT2D eigenvalue weighted by atomic mass is 10.0. The Morgan fingerprint density at radius 1 is 1.33 bits per heavy atom. The highest BCUT2D eigenvalue weighted by Crippen LogP contribution is 2.25. The molecule has 2 amide bonds. The highest BCUT2D eigenvalue weighted by Gasteiger charge is 2.37. The van der Waals surface area contributed by atoms with Crippen molar-refractivity contribution in [3.05, 3.63) is 0 Å². The van der Waals surface area contributed by atoms with Crippen LogP contribution in [-0.4, -0.2) is 43.7 Å². The molecule has 2 N–H and O–H groups in total. The number of rotatable bonds is 1. The number of nitrogens with one attached hydrogen (secondary N) is 2. The normalized spacial score (nSPS) is 28.1. The number of urea groups is 1. The lowest BCUT2D eigenvalue weighted by molar-refractivity contribution is 0.206. The molecule has 0 bridgehead atoms. The van der Waals surface area contributed by atoms with Crippen LogP contribution < -0.4 is 10.6 Å². The quantitative estimate of drug-likeness (QED) is 0.679. The SMILES string of the molecule is CC.CCNC(=O)N1CC2CNCC2C1. The van der Waals surface area contributed by atoms with Crippen LogP contribution in [0, 0.1) is 11.8 Å². The minimum Gasteiger partial charge on any atom is -0.338 e. The number of amides is 2. The summed E-state index contributed by atoms with van der Waals surface area (Å²) in [4.78, 5) is 13.4. The third kappa shape index (κ3) is 2.84. The second-order valence-electron chi connectivity index (χ2n) is 3.92. The molecule has 2 unspecified atom stereocenters. The van der Waals surface area contributed by atoms with Crippen LogP contribution in [-0.2, 0) is 0 Å². The maximum Gasteiger partial charge on any atom is 0.317 e. The molecular weight excluding hydrogens is 190 g/mol. The second-order valence-corrected chi connectivity index (χ2v) is 3.92. The zero-order valence-electron chi connectivity index (χ0n) is 10.0. The van der Waals surface area contributed by atoms with Crippen molar-refractivity contribution < 1.29 is 4.79 Å². The van der Waals surface area contributed by atoms with Gasteiger partial charge in [0.2, 0.25) is 0 Å². The van der Waals surface area contributed by atoms with Crippen molar-refractivity contribution in [3.8, 4) is 0 Å². The summed E-state index contributed by atoms with van der Waals surface area (Å²) in [6.45, 7) is 10.7. The van der Waals surface area contributed by atoms with Gasteiger partial charge in [0.05, 0.1) is 0 Å². The molecule has 0 saturated carbocycles. The summed E-state index contributed by atoms with van der Waals surface area (Å²) in [6.07, 6.45) is 0. The molecular formula is C11H23N3O. The predicted octanol–water partition coefficient (Wildman–Crippen LogP) is 0.893. The Hall–Kier alpha value is -0.770. The van der Waals surface area contributed by atoms with Crippen LogP contribution in [0.5, 0.6) is 0 Å². The van der Waals surface area contributed by atoms with Gasteiger partial charge in [-0.3, -0.25) is 0 Å². The molecule has 4 nitrogen and oxygen atoms in total. The van der Waals surface area contributed by atoms with Crippen LogP contribution in [0.1, 0.15) is 20.8 Å². The first-order chi connectivity index (χ1) is 7.31. The van der Waals surface area contributed by atoms with Crippen molar-refractivity contribution in [2.24, 2.45) is 11.8 Å². The van der Waals surface area contributed by atoms with E-state index >= 15 is 0 Å². The van der Waals surface area contributed by atoms with E-state index in [-0.39, 0.29) is 6.03 Å². The topological polar surface area (TPSA) is 44.4 Å². The predicted molar refractivity (Wildman–Crippen MR) is 61.8 cm³/mol. The third-order valence-electron chi connectivity index (χ3n) is 3.00. The first-order valence-electron chi connectivity index (χ1n) is 6.04. The van der Waals surface area contributed by atoms with Gasteiger partial charge in [-0.1, -0.05) is 13.8 Å². The Balaban J connectivity index is 0.000000531. The summed E-state index contributed by atoms with van der Waals surface area (Å²) in [5.74, 6) is 1.39. The average Bonchev–Trinajstić information content (AvgIpc) is 2.80. The zero-order valence-corrected chi connectivity index (χ0v) is 10.0. The van der Waals surface area contributed by atoms with Crippen LogP contribution in [0.4, 0.5) is 4.79 Å². The maximum absolute atomic E-state index is 11.5. The number of nitrogens with zero attached hydrogens (tertiary/aromatic N) is 1. The molecule has 2 fully saturated rings. The van der Waals surface area contributed by atoms with Gasteiger partial charge >= 0.3 is 6.03 Å². The molecule has 0 aromatic rings. The van der Waals surface area contributed by atoms with Gasteiger partial charge in [-0.25, -0.2) is 4.79 Å². The van der Waals surface area contributed by atoms with E-state index in [0.717, 1.165) is 32.7 Å². The standard InChI is InChI=1S/C9H17N3O.C2H6/c1-2-11-9(13)12-5-7-3-10-4-8(7)6-12;1-2/h7-8,10H,2-6H2,1H3,(H,11,13);1-2H3. The molecule has 0 aliphatic carbocycles. The molecule has 0 spiro atoms. The van der Waals surface area contributed by atoms with Crippen molar-refractivity contribution in [2.75, 3.05) is 32.7 Å². The van der Waals surface area contributed by atoms with Crippen molar-refractivity contribution in [3.63, 3.8) is 0 Å². The van der Waals surface area contributed by atoms with Gasteiger partial charge in [-0.05, 0) is 18.8 Å². The molecule has 4 heteroatoms. The zero-order chi connectivity index (χ0) is 11.3. The summed E-state index contributed by atoms with van der Waals surface area (Å²) in [5, 5.41) is 6.20. The molecule has 2 aliphatic rings. The number of fused-ring (bicyclic) bond motifs is 1. The monoisotopic (exact) mass is 213 g/mol. The number of carbonyl (C=O) groups excluding carboxylic acids is 1. The Bertz CT molecular complexity index is 196. The van der Waals surface area contributed by atoms with Crippen molar-refractivity contribution >= 4 is 6.03 Å². The molecule has 2 saturated heterocycles. The molecule has 0 radical (unpaired) electrons. The van der Waals surface area contributed by atoms with Gasteiger partial charge in [0.25, 0.3) is 0 Å². The van der Waals surface area contributed by atoms with Crippen molar-refractivity contribution in [1.29, 1.82) is 0 Å². The van der Waals surface area contributed by atoms with E-state index in [1.807, 2.05) is 25.7 Å². The Morgan fingerprint density at radius 2 is 1.87 bits per heavy atom. The summed E-state index contributed by atoms with van der Waals surface area (Å²) in [6, 6.07) is 0.108. The first kappa shape index (κ1) is 12.3. The lowest BCUT2D eigenvalue weighted by Crippen LogP contribution is -2.39. The Labute approximate surface area is 92.4 Å². The minimum atomic E-state index is 0.108. The van der Waals surface area contributed by atoms with E-state index in [2.05, 4.69) is 10.6 Å². The van der Waals surface area contributed by atoms with E-state index < -0.39 is 0 Å². The van der Waals surface area contributed by atoms with E-state index in [1.165, 1.54) is 0 Å². The molecule has 2 atom stereocenters. The average molecular weight is 213 g/mol. The van der Waals surface area contributed by atoms with Gasteiger partial charge in [0.1, 0.15) is 0 Å². The molecule has 88 valence electrons. The van der Waals surface area contributed by atoms with Crippen molar-refractivity contribution in [2.45, 2.75) is 20.8 Å². The van der Waals surface area contributed by atoms with Crippen LogP contribution in [0.3, 0.4) is 0 Å². The molecule has 0 aromatic heterocycles. The highest BCUT2D eigenvalue weighted by atomic mass is 16.2. The highest BCUT2D eigenvalue weighted by molar-refractivity contribution is 5.74. The molecule has 15 heavy (non-hydrogen) atoms. The van der Waals surface area contributed by atoms with Crippen LogP contribution in [0.25, 0.3) is 0 Å². The fourth-order valence-electron chi connectivity index (χ4n) is 2.28. The summed E-state index contributed by atoms with van der Waals surface area (Å²) >= 11 is 0. The molecule has 0 aromatic carbocycles. The largest absolute Gasteiger partial charge is 0.338 e. The van der Waals surface area contributed by atoms with Gasteiger partial charge in [-0.15, -0.1) is 0 Å². The fraction of sp³-hybridized carbons (Fsp3) is 0.909. The summed E-state index contributed by atoms with van der Waals surface area (Å²) in [5.41, 5.74) is 0. The van der Waals surface area contributed by atoms with E-state index in [4.69, 9.17) is 0 Å². The summed E-state index contributed by atoms with van der Waals surface area (Å²) < 4.78 is 0. The second kappa shape index (κ2) is 5.95. The van der Waals surface area contributed by atoms with Gasteiger partial charge in [0.15, 0.2) is 0 Å². The fourth-order valence-corrected chi connectivity index (χ4v) is 2.28. The molecule has 2 aliphatic heterocycles. The smallest absolute Gasteiger partial charge is 0.317 e. The first-order valence-corrected chi connectivity index (χ1v) is 6.04. The minimum absolute atomic E-state index is 0.108. The Morgan fingerprint density at radius 3 is 2.33 bits per heavy atom. The van der Waals surface area contributed by atoms with E-state index in [1.54, 1.807) is 0 Å². The van der Waals surface area contributed by atoms with Crippen LogP contribution in [0.15, 0.2) is 0 Å². The van der Waals surface area contributed by atoms with E-state index in [9.17, 15) is 4.79 Å². The number of hydrogen-bond acceptors (Lipinski definition) is 2. The summed E-state index contributed by atoms with van der Waals surface area (Å²) in [7, 11) is 0. The maximum atomic E-state index is 11.5. The third-order valence-corrected chi connectivity index (χ3v) is 3.00. The number of carbonyl (C=O) groups is 1. The van der Waals surface area contributed by atoms with Crippen LogP contribution >= 0.6 is 0 Å². The molecule has 2 rings (SSSR count). The Kier molecular flexibility index (Phi) is 4.88. The number of hydrogen-bond donors (Lipinski definition) is 2. The van der Waals surface area contributed by atoms with Gasteiger partial charge in [-0.2, -0.15) is 0 Å². The number of likely N-dealkylation sites (tertiary alicyclic amines) is 1.